The van der Waals surface area contributed by atoms with Gasteiger partial charge in [-0.1, -0.05) is 17.7 Å². The Morgan fingerprint density at radius 1 is 1.28 bits per heavy atom. The topological polar surface area (TPSA) is 145 Å². The van der Waals surface area contributed by atoms with Crippen molar-refractivity contribution in [2.24, 2.45) is 22.2 Å². The van der Waals surface area contributed by atoms with E-state index in [4.69, 9.17) is 11.6 Å². The summed E-state index contributed by atoms with van der Waals surface area (Å²) < 4.78 is 69.4. The zero-order chi connectivity index (χ0) is 27.9. The second-order valence-electron chi connectivity index (χ2n) is 10.3. The van der Waals surface area contributed by atoms with E-state index in [-0.39, 0.29) is 74.5 Å². The number of thiophene rings is 1. The Hall–Kier alpha value is -2.52. The maximum Gasteiger partial charge on any atom is 0.287 e. The molecule has 1 aromatic heterocycles. The highest BCUT2D eigenvalue weighted by Gasteiger charge is 2.57. The first kappa shape index (κ1) is 26.7. The highest BCUT2D eigenvalue weighted by Crippen LogP contribution is 2.55. The SMILES string of the molecule is CS(=O)(=O)NCc1csc2c1S(=O)(=O)N=C(C1=C(O)[C@@H]3[C@H]4CCC(C4)[C@@H]3N(Cc3ccc(F)cc3Cl)C1=O)N2. The summed E-state index contributed by atoms with van der Waals surface area (Å²) in [6.07, 6.45) is 3.59. The molecule has 39 heavy (non-hydrogen) atoms. The largest absolute Gasteiger partial charge is 0.511 e. The number of hydrogen-bond donors (Lipinski definition) is 3. The van der Waals surface area contributed by atoms with E-state index in [2.05, 4.69) is 14.4 Å². The molecule has 15 heteroatoms. The molecule has 2 aliphatic heterocycles. The lowest BCUT2D eigenvalue weighted by Crippen LogP contribution is -2.53. The van der Waals surface area contributed by atoms with E-state index in [0.29, 0.717) is 5.56 Å². The van der Waals surface area contributed by atoms with Crippen LogP contribution in [0.4, 0.5) is 9.39 Å². The van der Waals surface area contributed by atoms with Crippen molar-refractivity contribution in [3.63, 3.8) is 0 Å². The number of aliphatic hydroxyl groups is 1. The number of rotatable bonds is 6. The van der Waals surface area contributed by atoms with Gasteiger partial charge >= 0.3 is 0 Å². The molecule has 3 N–H and O–H groups in total. The van der Waals surface area contributed by atoms with E-state index in [1.807, 2.05) is 0 Å². The lowest BCUT2D eigenvalue weighted by Gasteiger charge is -2.44. The van der Waals surface area contributed by atoms with Crippen molar-refractivity contribution in [3.05, 3.63) is 56.9 Å². The molecule has 1 aromatic carbocycles. The van der Waals surface area contributed by atoms with Gasteiger partial charge in [-0.25, -0.2) is 17.5 Å². The van der Waals surface area contributed by atoms with Crippen molar-refractivity contribution in [2.75, 3.05) is 11.6 Å². The number of nitrogens with one attached hydrogen (secondary N) is 2. The molecule has 3 heterocycles. The Bertz CT molecular complexity index is 1690. The summed E-state index contributed by atoms with van der Waals surface area (Å²) in [7, 11) is -7.91. The molecule has 0 radical (unpaired) electrons. The fourth-order valence-corrected chi connectivity index (χ4v) is 9.62. The summed E-state index contributed by atoms with van der Waals surface area (Å²) in [6.45, 7) is -0.187. The number of benzene rings is 1. The van der Waals surface area contributed by atoms with Gasteiger partial charge in [-0.15, -0.1) is 15.7 Å². The average molecular weight is 615 g/mol. The van der Waals surface area contributed by atoms with Crippen LogP contribution in [0.15, 0.2) is 44.2 Å². The number of sulfonamides is 2. The number of anilines is 1. The second-order valence-corrected chi connectivity index (χ2v) is 15.0. The van der Waals surface area contributed by atoms with Gasteiger partial charge in [0.15, 0.2) is 5.84 Å². The molecule has 2 aromatic rings. The van der Waals surface area contributed by atoms with Gasteiger partial charge in [-0.05, 0) is 54.2 Å². The quantitative estimate of drug-likeness (QED) is 0.452. The van der Waals surface area contributed by atoms with Crippen LogP contribution in [0.2, 0.25) is 5.02 Å². The predicted octanol–water partition coefficient (Wildman–Crippen LogP) is 3.37. The third kappa shape index (κ3) is 4.55. The summed E-state index contributed by atoms with van der Waals surface area (Å²) in [5, 5.41) is 16.2. The molecule has 2 aliphatic carbocycles. The number of carbonyl (C=O) groups is 1. The number of fused-ring (bicyclic) bond motifs is 6. The minimum Gasteiger partial charge on any atom is -0.511 e. The normalized spacial score (nSPS) is 27.3. The fourth-order valence-electron chi connectivity index (χ4n) is 6.37. The number of halogens is 2. The minimum atomic E-state index is -4.34. The Balaban J connectivity index is 1.40. The summed E-state index contributed by atoms with van der Waals surface area (Å²) >= 11 is 7.31. The number of carbonyl (C=O) groups excluding carboxylic acids is 1. The molecule has 1 amide bonds. The molecule has 2 fully saturated rings. The highest BCUT2D eigenvalue weighted by atomic mass is 35.5. The summed E-state index contributed by atoms with van der Waals surface area (Å²) in [5.41, 5.74) is 0.522. The van der Waals surface area contributed by atoms with Crippen LogP contribution >= 0.6 is 22.9 Å². The van der Waals surface area contributed by atoms with Crippen LogP contribution in [-0.2, 0) is 37.9 Å². The molecule has 1 unspecified atom stereocenters. The number of amides is 1. The predicted molar refractivity (Wildman–Crippen MR) is 144 cm³/mol. The summed E-state index contributed by atoms with van der Waals surface area (Å²) in [5.74, 6) is -1.66. The third-order valence-corrected chi connectivity index (χ3v) is 11.4. The zero-order valence-corrected chi connectivity index (χ0v) is 23.7. The summed E-state index contributed by atoms with van der Waals surface area (Å²) in [4.78, 5) is 15.4. The monoisotopic (exact) mass is 614 g/mol. The average Bonchev–Trinajstić information content (AvgIpc) is 3.56. The van der Waals surface area contributed by atoms with Crippen LogP contribution in [0.25, 0.3) is 0 Å². The molecule has 2 bridgehead atoms. The minimum absolute atomic E-state index is 0.0602. The molecular formula is C24H24ClFN4O6S3. The molecule has 10 nitrogen and oxygen atoms in total. The lowest BCUT2D eigenvalue weighted by atomic mass is 9.77. The van der Waals surface area contributed by atoms with Gasteiger partial charge in [0.25, 0.3) is 15.9 Å². The molecule has 0 spiro atoms. The van der Waals surface area contributed by atoms with Gasteiger partial charge in [0.2, 0.25) is 10.0 Å². The molecule has 6 rings (SSSR count). The van der Waals surface area contributed by atoms with Gasteiger partial charge in [-0.3, -0.25) is 4.79 Å². The standard InChI is InChI=1S/C24H24ClFN4O6S3/c1-38(33,34)27-8-14-10-37-23-21(14)39(35,36)29-22(28-23)18-20(31)17-11-2-3-12(6-11)19(17)30(24(18)32)9-13-4-5-15(26)7-16(13)25/h4-5,7,10-12,17,19,27,31H,2-3,6,8-9H2,1H3,(H,28,29)/t11-,12?,17+,19-/m0/s1. The maximum atomic E-state index is 14.0. The van der Waals surface area contributed by atoms with Crippen molar-refractivity contribution in [1.29, 1.82) is 0 Å². The number of hydrogen-bond acceptors (Lipinski definition) is 8. The number of nitrogens with zero attached hydrogens (tertiary/aromatic N) is 2. The van der Waals surface area contributed by atoms with Gasteiger partial charge in [0.1, 0.15) is 27.0 Å². The third-order valence-electron chi connectivity index (χ3n) is 7.91. The number of aliphatic hydroxyl groups excluding tert-OH is 1. The smallest absolute Gasteiger partial charge is 0.287 e. The first-order valence-electron chi connectivity index (χ1n) is 12.2. The Morgan fingerprint density at radius 3 is 2.74 bits per heavy atom. The zero-order valence-electron chi connectivity index (χ0n) is 20.5. The van der Waals surface area contributed by atoms with E-state index in [1.165, 1.54) is 23.6 Å². The van der Waals surface area contributed by atoms with Crippen LogP contribution < -0.4 is 10.0 Å². The van der Waals surface area contributed by atoms with Crippen LogP contribution in [-0.4, -0.2) is 50.9 Å². The molecular weight excluding hydrogens is 591 g/mol. The van der Waals surface area contributed by atoms with E-state index in [0.717, 1.165) is 36.9 Å². The van der Waals surface area contributed by atoms with Crippen molar-refractivity contribution in [1.82, 2.24) is 9.62 Å². The van der Waals surface area contributed by atoms with Crippen LogP contribution in [0.5, 0.6) is 0 Å². The second kappa shape index (κ2) is 9.26. The van der Waals surface area contributed by atoms with Crippen molar-refractivity contribution in [3.8, 4) is 0 Å². The molecule has 208 valence electrons. The van der Waals surface area contributed by atoms with Gasteiger partial charge in [0, 0.05) is 35.6 Å². The molecule has 0 saturated heterocycles. The van der Waals surface area contributed by atoms with E-state index < -0.39 is 31.8 Å². The van der Waals surface area contributed by atoms with Gasteiger partial charge < -0.3 is 15.3 Å². The Kier molecular flexibility index (Phi) is 6.34. The van der Waals surface area contributed by atoms with Crippen molar-refractivity contribution >= 4 is 59.7 Å². The fraction of sp³-hybridized carbons (Fsp3) is 0.417. The summed E-state index contributed by atoms with van der Waals surface area (Å²) in [6, 6.07) is 3.64. The van der Waals surface area contributed by atoms with Crippen LogP contribution in [0.1, 0.15) is 30.4 Å². The first-order valence-corrected chi connectivity index (χ1v) is 16.8. The van der Waals surface area contributed by atoms with Crippen LogP contribution in [0.3, 0.4) is 0 Å². The van der Waals surface area contributed by atoms with E-state index >= 15 is 0 Å². The van der Waals surface area contributed by atoms with Crippen LogP contribution in [0, 0.1) is 23.6 Å². The van der Waals surface area contributed by atoms with Gasteiger partial charge in [-0.2, -0.15) is 8.42 Å². The Labute approximate surface area is 233 Å². The van der Waals surface area contributed by atoms with E-state index in [9.17, 15) is 31.1 Å². The Morgan fingerprint density at radius 2 is 2.03 bits per heavy atom. The molecule has 4 aliphatic rings. The first-order chi connectivity index (χ1) is 18.3. The van der Waals surface area contributed by atoms with E-state index in [1.54, 1.807) is 4.90 Å². The van der Waals surface area contributed by atoms with Crippen molar-refractivity contribution < 1.29 is 31.1 Å². The number of amidine groups is 1. The molecule has 4 atom stereocenters. The lowest BCUT2D eigenvalue weighted by molar-refractivity contribution is -0.134. The van der Waals surface area contributed by atoms with Crippen molar-refractivity contribution in [2.45, 2.75) is 43.3 Å². The molecule has 2 saturated carbocycles. The highest BCUT2D eigenvalue weighted by molar-refractivity contribution is 7.91. The van der Waals surface area contributed by atoms with Gasteiger partial charge in [0.05, 0.1) is 6.26 Å². The maximum absolute atomic E-state index is 14.0.